The first-order valence-corrected chi connectivity index (χ1v) is 10.5. The van der Waals surface area contributed by atoms with Crippen LogP contribution in [0.4, 0.5) is 4.79 Å². The van der Waals surface area contributed by atoms with Crippen LogP contribution < -0.4 is 27.8 Å². The minimum atomic E-state index is -1.67. The van der Waals surface area contributed by atoms with E-state index in [4.69, 9.17) is 26.7 Å². The van der Waals surface area contributed by atoms with E-state index in [-0.39, 0.29) is 6.54 Å². The number of hydrogen-bond acceptors (Lipinski definition) is 9. The lowest BCUT2D eigenvalue weighted by molar-refractivity contribution is -0.146. The van der Waals surface area contributed by atoms with Crippen LogP contribution in [0.15, 0.2) is 16.8 Å². The summed E-state index contributed by atoms with van der Waals surface area (Å²) in [5.41, 5.74) is 16.3. The van der Waals surface area contributed by atoms with Gasteiger partial charge >= 0.3 is 12.1 Å². The Bertz CT molecular complexity index is 727. The number of carbonyl (C=O) groups excluding carboxylic acids is 2. The average molecular weight is 475 g/mol. The second kappa shape index (κ2) is 14.1. The number of unbranched alkanes of at least 4 members (excludes halogenated alkanes) is 3. The Kier molecular flexibility index (Phi) is 12.0. The zero-order chi connectivity index (χ0) is 25.0. The molecule has 0 aliphatic carbocycles. The van der Waals surface area contributed by atoms with Gasteiger partial charge in [-0.05, 0) is 25.5 Å². The van der Waals surface area contributed by atoms with Crippen LogP contribution >= 0.6 is 0 Å². The summed E-state index contributed by atoms with van der Waals surface area (Å²) in [4.78, 5) is 39.6. The molecule has 0 fully saturated rings. The van der Waals surface area contributed by atoms with Crippen LogP contribution in [0.1, 0.15) is 32.6 Å². The Morgan fingerprint density at radius 1 is 1.24 bits per heavy atom. The van der Waals surface area contributed by atoms with Crippen molar-refractivity contribution in [1.29, 1.82) is 0 Å². The number of nitrogens with zero attached hydrogens (tertiary/aromatic N) is 1. The van der Waals surface area contributed by atoms with Gasteiger partial charge in [0.1, 0.15) is 6.10 Å². The number of carboxylic acid groups (broad SMARTS) is 1. The van der Waals surface area contributed by atoms with Crippen molar-refractivity contribution in [3.63, 3.8) is 0 Å². The number of carbonyl (C=O) groups is 3. The molecule has 5 atom stereocenters. The smallest absolute Gasteiger partial charge is 0.407 e. The van der Waals surface area contributed by atoms with Crippen LogP contribution in [-0.2, 0) is 19.1 Å². The van der Waals surface area contributed by atoms with Gasteiger partial charge in [0.15, 0.2) is 18.2 Å². The van der Waals surface area contributed by atoms with Crippen molar-refractivity contribution < 1.29 is 39.2 Å². The highest BCUT2D eigenvalue weighted by Crippen LogP contribution is 2.26. The molecule has 2 unspecified atom stereocenters. The van der Waals surface area contributed by atoms with Crippen molar-refractivity contribution in [3.8, 4) is 0 Å². The highest BCUT2D eigenvalue weighted by atomic mass is 16.6. The molecule has 33 heavy (non-hydrogen) atoms. The summed E-state index contributed by atoms with van der Waals surface area (Å²) < 4.78 is 10.7. The number of nitrogens with one attached hydrogen (secondary N) is 2. The average Bonchev–Trinajstić information content (AvgIpc) is 2.74. The minimum absolute atomic E-state index is 0.281. The van der Waals surface area contributed by atoms with Crippen molar-refractivity contribution >= 4 is 23.9 Å². The van der Waals surface area contributed by atoms with Gasteiger partial charge in [-0.2, -0.15) is 0 Å². The summed E-state index contributed by atoms with van der Waals surface area (Å²) in [5, 5.41) is 34.2. The van der Waals surface area contributed by atoms with Gasteiger partial charge in [0.2, 0.25) is 11.7 Å². The molecule has 2 amide bonds. The zero-order valence-electron chi connectivity index (χ0n) is 18.5. The molecule has 0 aromatic heterocycles. The van der Waals surface area contributed by atoms with Gasteiger partial charge in [-0.15, -0.1) is 0 Å². The molecule has 0 saturated heterocycles. The largest absolute Gasteiger partial charge is 0.477 e. The Hall–Kier alpha value is -3.10. The van der Waals surface area contributed by atoms with E-state index in [1.165, 1.54) is 6.92 Å². The first kappa shape index (κ1) is 27.9. The highest BCUT2D eigenvalue weighted by Gasteiger charge is 2.46. The van der Waals surface area contributed by atoms with Gasteiger partial charge in [-0.3, -0.25) is 4.79 Å². The topological polar surface area (TPSA) is 245 Å². The lowest BCUT2D eigenvalue weighted by atomic mass is 9.92. The Morgan fingerprint density at radius 3 is 2.45 bits per heavy atom. The quantitative estimate of drug-likeness (QED) is 0.0785. The summed E-state index contributed by atoms with van der Waals surface area (Å²) in [6.07, 6.45) is -1.28. The zero-order valence-corrected chi connectivity index (χ0v) is 18.5. The number of aliphatic carboxylic acids is 1. The predicted molar refractivity (Wildman–Crippen MR) is 117 cm³/mol. The molecule has 0 saturated carbocycles. The van der Waals surface area contributed by atoms with E-state index >= 15 is 0 Å². The fraction of sp³-hybridized carbons (Fsp3) is 0.684. The molecule has 188 valence electrons. The van der Waals surface area contributed by atoms with Crippen molar-refractivity contribution in [1.82, 2.24) is 10.6 Å². The summed E-state index contributed by atoms with van der Waals surface area (Å²) in [6.45, 7) is 1.21. The molecule has 1 heterocycles. The molecule has 11 N–H and O–H groups in total. The van der Waals surface area contributed by atoms with Crippen molar-refractivity contribution in [3.05, 3.63) is 11.8 Å². The maximum Gasteiger partial charge on any atom is 0.407 e. The minimum Gasteiger partial charge on any atom is -0.477 e. The number of hydrogen-bond donors (Lipinski definition) is 8. The van der Waals surface area contributed by atoms with Crippen LogP contribution in [0.25, 0.3) is 0 Å². The molecule has 1 rings (SSSR count). The normalized spacial score (nSPS) is 21.6. The second-order valence-corrected chi connectivity index (χ2v) is 7.44. The molecule has 1 aliphatic heterocycles. The monoisotopic (exact) mass is 474 g/mol. The van der Waals surface area contributed by atoms with E-state index in [0.717, 1.165) is 25.3 Å². The van der Waals surface area contributed by atoms with E-state index in [9.17, 15) is 29.7 Å². The first-order valence-electron chi connectivity index (χ1n) is 10.5. The molecular formula is C19H34N6O8. The van der Waals surface area contributed by atoms with Crippen LogP contribution in [0, 0.1) is 0 Å². The third kappa shape index (κ3) is 9.51. The lowest BCUT2D eigenvalue weighted by Gasteiger charge is -2.39. The predicted octanol–water partition coefficient (Wildman–Crippen LogP) is -2.53. The fourth-order valence-electron chi connectivity index (χ4n) is 3.24. The third-order valence-corrected chi connectivity index (χ3v) is 4.72. The Morgan fingerprint density at radius 2 is 1.91 bits per heavy atom. The molecule has 0 spiro atoms. The molecule has 14 nitrogen and oxygen atoms in total. The highest BCUT2D eigenvalue weighted by molar-refractivity contribution is 5.85. The SMILES string of the molecule is CC(=O)N[C@@H]1[C@@H](N=C(N)N)C=C(C(=O)O)O[C@H]1C(OC(=O)NCCCCCCN)C(O)CO. The van der Waals surface area contributed by atoms with Crippen LogP contribution in [-0.4, -0.2) is 89.3 Å². The van der Waals surface area contributed by atoms with Crippen LogP contribution in [0.2, 0.25) is 0 Å². The number of carboxylic acids is 1. The number of alkyl carbamates (subject to hydrolysis) is 1. The summed E-state index contributed by atoms with van der Waals surface area (Å²) in [5.74, 6) is -3.01. The standard InChI is InChI=1S/C19H34N6O8/c1-10(27)24-14-11(25-18(21)22)8-13(17(29)30)32-16(14)15(12(28)9-26)33-19(31)23-7-5-3-2-4-6-20/h8,11-12,14-16,26,28H,2-7,9,20H2,1H3,(H,23,31)(H,24,27)(H,29,30)(H4,21,22,25)/t11-,12?,14+,15?,16+/m0/s1. The molecule has 0 aromatic carbocycles. The van der Waals surface area contributed by atoms with Crippen molar-refractivity contribution in [2.75, 3.05) is 19.7 Å². The number of guanidine groups is 1. The maximum atomic E-state index is 12.3. The van der Waals surface area contributed by atoms with Crippen molar-refractivity contribution in [2.45, 2.75) is 63.0 Å². The number of aliphatic imine (C=N–C) groups is 1. The number of rotatable bonds is 13. The molecule has 14 heteroatoms. The number of ether oxygens (including phenoxy) is 2. The van der Waals surface area contributed by atoms with E-state index in [2.05, 4.69) is 15.6 Å². The fourth-order valence-corrected chi connectivity index (χ4v) is 3.24. The third-order valence-electron chi connectivity index (χ3n) is 4.72. The van der Waals surface area contributed by atoms with E-state index in [1.807, 2.05) is 0 Å². The molecule has 0 bridgehead atoms. The van der Waals surface area contributed by atoms with E-state index in [0.29, 0.717) is 13.0 Å². The van der Waals surface area contributed by atoms with E-state index < -0.39 is 66.7 Å². The van der Waals surface area contributed by atoms with Crippen molar-refractivity contribution in [2.24, 2.45) is 22.2 Å². The summed E-state index contributed by atoms with van der Waals surface area (Å²) >= 11 is 0. The van der Waals surface area contributed by atoms with Gasteiger partial charge in [-0.1, -0.05) is 12.8 Å². The summed E-state index contributed by atoms with van der Waals surface area (Å²) in [7, 11) is 0. The molecule has 0 radical (unpaired) electrons. The van der Waals surface area contributed by atoms with Crippen LogP contribution in [0.5, 0.6) is 0 Å². The molecular weight excluding hydrogens is 440 g/mol. The number of aliphatic hydroxyl groups excluding tert-OH is 2. The number of aliphatic hydroxyl groups is 2. The first-order chi connectivity index (χ1) is 15.6. The Balaban J connectivity index is 3.11. The summed E-state index contributed by atoms with van der Waals surface area (Å²) in [6, 6.07) is -2.26. The maximum absolute atomic E-state index is 12.3. The molecule has 0 aromatic rings. The van der Waals surface area contributed by atoms with E-state index in [1.54, 1.807) is 0 Å². The lowest BCUT2D eigenvalue weighted by Crippen LogP contribution is -2.61. The van der Waals surface area contributed by atoms with Gasteiger partial charge < -0.3 is 52.6 Å². The molecule has 1 aliphatic rings. The van der Waals surface area contributed by atoms with Gasteiger partial charge in [0.05, 0.1) is 18.7 Å². The second-order valence-electron chi connectivity index (χ2n) is 7.44. The number of nitrogens with two attached hydrogens (primary N) is 3. The van der Waals surface area contributed by atoms with Gasteiger partial charge in [0, 0.05) is 13.5 Å². The van der Waals surface area contributed by atoms with Crippen LogP contribution in [0.3, 0.4) is 0 Å². The van der Waals surface area contributed by atoms with Gasteiger partial charge in [-0.25, -0.2) is 14.6 Å². The Labute approximate surface area is 191 Å². The number of amides is 2. The van der Waals surface area contributed by atoms with Gasteiger partial charge in [0.25, 0.3) is 0 Å².